The number of nitriles is 1. The molecular weight excluding hydrogens is 174 g/mol. The molecule has 1 aliphatic rings. The van der Waals surface area contributed by atoms with E-state index in [9.17, 15) is 0 Å². The minimum Gasteiger partial charge on any atom is -0.383 e. The molecule has 0 radical (unpaired) electrons. The Morgan fingerprint density at radius 1 is 1.64 bits per heavy atom. The van der Waals surface area contributed by atoms with Crippen LogP contribution in [-0.2, 0) is 12.8 Å². The van der Waals surface area contributed by atoms with Gasteiger partial charge in [0.2, 0.25) is 0 Å². The van der Waals surface area contributed by atoms with Crippen molar-refractivity contribution in [2.75, 3.05) is 5.73 Å². The molecule has 0 aromatic carbocycles. The van der Waals surface area contributed by atoms with E-state index in [1.807, 2.05) is 6.07 Å². The topological polar surface area (TPSA) is 62.7 Å². The third-order valence-electron chi connectivity index (χ3n) is 2.78. The summed E-state index contributed by atoms with van der Waals surface area (Å²) in [5.74, 6) is 1.07. The fourth-order valence-electron chi connectivity index (χ4n) is 1.95. The van der Waals surface area contributed by atoms with Crippen molar-refractivity contribution in [3.63, 3.8) is 0 Å². The first kappa shape index (κ1) is 9.01. The van der Waals surface area contributed by atoms with Gasteiger partial charge in [0.15, 0.2) is 0 Å². The Morgan fingerprint density at radius 3 is 3.14 bits per heavy atom. The van der Waals surface area contributed by atoms with Gasteiger partial charge in [0.05, 0.1) is 5.56 Å². The minimum absolute atomic E-state index is 0.376. The minimum atomic E-state index is 0.376. The van der Waals surface area contributed by atoms with Crippen LogP contribution in [0.2, 0.25) is 0 Å². The van der Waals surface area contributed by atoms with Gasteiger partial charge in [-0.15, -0.1) is 0 Å². The summed E-state index contributed by atoms with van der Waals surface area (Å²) in [7, 11) is 0. The highest BCUT2D eigenvalue weighted by atomic mass is 14.8. The molecule has 2 N–H and O–H groups in total. The number of fused-ring (bicyclic) bond motifs is 1. The van der Waals surface area contributed by atoms with Gasteiger partial charge in [0.1, 0.15) is 11.9 Å². The largest absolute Gasteiger partial charge is 0.383 e. The second kappa shape index (κ2) is 3.30. The molecule has 0 bridgehead atoms. The predicted octanol–water partition coefficient (Wildman–Crippen LogP) is 1.66. The predicted molar refractivity (Wildman–Crippen MR) is 54.6 cm³/mol. The SMILES string of the molecule is CC1CCc2nc(N)c(C#N)cc2C1. The van der Waals surface area contributed by atoms with Crippen LogP contribution in [0.25, 0.3) is 0 Å². The smallest absolute Gasteiger partial charge is 0.141 e. The molecule has 1 aromatic heterocycles. The Balaban J connectivity index is 2.47. The van der Waals surface area contributed by atoms with E-state index in [1.165, 1.54) is 12.0 Å². The first-order valence-corrected chi connectivity index (χ1v) is 4.89. The number of aryl methyl sites for hydroxylation is 1. The lowest BCUT2D eigenvalue weighted by Crippen LogP contribution is -2.14. The van der Waals surface area contributed by atoms with E-state index in [0.717, 1.165) is 18.5 Å². The van der Waals surface area contributed by atoms with Crippen LogP contribution in [0.5, 0.6) is 0 Å². The maximum absolute atomic E-state index is 8.82. The number of pyridine rings is 1. The van der Waals surface area contributed by atoms with Gasteiger partial charge in [-0.25, -0.2) is 4.98 Å². The lowest BCUT2D eigenvalue weighted by molar-refractivity contribution is 0.494. The van der Waals surface area contributed by atoms with Crippen molar-refractivity contribution in [2.45, 2.75) is 26.2 Å². The second-order valence-corrected chi connectivity index (χ2v) is 3.99. The molecular formula is C11H13N3. The highest BCUT2D eigenvalue weighted by Crippen LogP contribution is 2.26. The number of rotatable bonds is 0. The first-order chi connectivity index (χ1) is 6.70. The average Bonchev–Trinajstić information content (AvgIpc) is 2.17. The number of aromatic nitrogens is 1. The molecule has 1 aromatic rings. The monoisotopic (exact) mass is 187 g/mol. The fraction of sp³-hybridized carbons (Fsp3) is 0.455. The summed E-state index contributed by atoms with van der Waals surface area (Å²) in [5, 5.41) is 8.82. The van der Waals surface area contributed by atoms with E-state index in [-0.39, 0.29) is 0 Å². The van der Waals surface area contributed by atoms with Crippen LogP contribution in [0.15, 0.2) is 6.07 Å². The number of hydrogen-bond acceptors (Lipinski definition) is 3. The summed E-state index contributed by atoms with van der Waals surface area (Å²) in [4.78, 5) is 4.27. The molecule has 1 aliphatic carbocycles. The number of nitrogens with two attached hydrogens (primary N) is 1. The van der Waals surface area contributed by atoms with Gasteiger partial charge in [-0.2, -0.15) is 5.26 Å². The third kappa shape index (κ3) is 1.44. The molecule has 0 fully saturated rings. The molecule has 0 saturated carbocycles. The van der Waals surface area contributed by atoms with Crippen LogP contribution < -0.4 is 5.73 Å². The first-order valence-electron chi connectivity index (χ1n) is 4.89. The fourth-order valence-corrected chi connectivity index (χ4v) is 1.95. The van der Waals surface area contributed by atoms with Crippen molar-refractivity contribution in [3.8, 4) is 6.07 Å². The summed E-state index contributed by atoms with van der Waals surface area (Å²) in [6.07, 6.45) is 3.19. The van der Waals surface area contributed by atoms with Crippen molar-refractivity contribution in [1.29, 1.82) is 5.26 Å². The normalized spacial score (nSPS) is 19.9. The lowest BCUT2D eigenvalue weighted by atomic mass is 9.87. The zero-order valence-electron chi connectivity index (χ0n) is 8.25. The maximum atomic E-state index is 8.82. The van der Waals surface area contributed by atoms with E-state index in [2.05, 4.69) is 18.0 Å². The van der Waals surface area contributed by atoms with Gasteiger partial charge >= 0.3 is 0 Å². The van der Waals surface area contributed by atoms with Gasteiger partial charge in [0.25, 0.3) is 0 Å². The van der Waals surface area contributed by atoms with Crippen molar-refractivity contribution >= 4 is 5.82 Å². The number of nitrogen functional groups attached to an aromatic ring is 1. The molecule has 1 unspecified atom stereocenters. The molecule has 72 valence electrons. The standard InChI is InChI=1S/C11H13N3/c1-7-2-3-10-8(4-7)5-9(6-12)11(13)14-10/h5,7H,2-4H2,1H3,(H2,13,14). The van der Waals surface area contributed by atoms with E-state index in [0.29, 0.717) is 17.3 Å². The zero-order valence-corrected chi connectivity index (χ0v) is 8.25. The molecule has 0 amide bonds. The molecule has 0 saturated heterocycles. The van der Waals surface area contributed by atoms with Gasteiger partial charge in [0, 0.05) is 5.69 Å². The van der Waals surface area contributed by atoms with Crippen LogP contribution >= 0.6 is 0 Å². The van der Waals surface area contributed by atoms with Gasteiger partial charge < -0.3 is 5.73 Å². The summed E-state index contributed by atoms with van der Waals surface area (Å²) in [6.45, 7) is 2.23. The molecule has 0 spiro atoms. The van der Waals surface area contributed by atoms with Crippen LogP contribution in [0, 0.1) is 17.2 Å². The van der Waals surface area contributed by atoms with Gasteiger partial charge in [-0.1, -0.05) is 6.92 Å². The average molecular weight is 187 g/mol. The Kier molecular flexibility index (Phi) is 2.12. The van der Waals surface area contributed by atoms with Gasteiger partial charge in [-0.05, 0) is 36.8 Å². The Bertz CT molecular complexity index is 404. The molecule has 0 aliphatic heterocycles. The number of hydrogen-bond donors (Lipinski definition) is 1. The van der Waals surface area contributed by atoms with E-state index in [4.69, 9.17) is 11.0 Å². The Labute approximate surface area is 83.6 Å². The Morgan fingerprint density at radius 2 is 2.43 bits per heavy atom. The summed E-state index contributed by atoms with van der Waals surface area (Å²) < 4.78 is 0. The number of anilines is 1. The van der Waals surface area contributed by atoms with Gasteiger partial charge in [-0.3, -0.25) is 0 Å². The molecule has 3 nitrogen and oxygen atoms in total. The van der Waals surface area contributed by atoms with Crippen LogP contribution in [-0.4, -0.2) is 4.98 Å². The zero-order chi connectivity index (χ0) is 10.1. The van der Waals surface area contributed by atoms with E-state index in [1.54, 1.807) is 0 Å². The second-order valence-electron chi connectivity index (χ2n) is 3.99. The third-order valence-corrected chi connectivity index (χ3v) is 2.78. The Hall–Kier alpha value is -1.56. The molecule has 14 heavy (non-hydrogen) atoms. The lowest BCUT2D eigenvalue weighted by Gasteiger charge is -2.20. The van der Waals surface area contributed by atoms with Crippen molar-refractivity contribution in [1.82, 2.24) is 4.98 Å². The number of nitrogens with zero attached hydrogens (tertiary/aromatic N) is 2. The molecule has 3 heteroatoms. The van der Waals surface area contributed by atoms with Crippen molar-refractivity contribution in [3.05, 3.63) is 22.9 Å². The van der Waals surface area contributed by atoms with Crippen molar-refractivity contribution in [2.24, 2.45) is 5.92 Å². The highest BCUT2D eigenvalue weighted by molar-refractivity contribution is 5.51. The maximum Gasteiger partial charge on any atom is 0.141 e. The summed E-state index contributed by atoms with van der Waals surface area (Å²) in [6, 6.07) is 3.97. The summed E-state index contributed by atoms with van der Waals surface area (Å²) >= 11 is 0. The van der Waals surface area contributed by atoms with Crippen molar-refractivity contribution < 1.29 is 0 Å². The molecule has 1 heterocycles. The van der Waals surface area contributed by atoms with Crippen LogP contribution in [0.3, 0.4) is 0 Å². The van der Waals surface area contributed by atoms with E-state index < -0.39 is 0 Å². The molecule has 1 atom stereocenters. The summed E-state index contributed by atoms with van der Waals surface area (Å²) in [5.41, 5.74) is 8.45. The van der Waals surface area contributed by atoms with E-state index >= 15 is 0 Å². The van der Waals surface area contributed by atoms with Crippen LogP contribution in [0.1, 0.15) is 30.2 Å². The highest BCUT2D eigenvalue weighted by Gasteiger charge is 2.17. The van der Waals surface area contributed by atoms with Crippen LogP contribution in [0.4, 0.5) is 5.82 Å². The quantitative estimate of drug-likeness (QED) is 0.671. The molecule has 2 rings (SSSR count).